The molecule has 1 heterocycles. The van der Waals surface area contributed by atoms with Crippen molar-refractivity contribution >= 4 is 12.4 Å². The Morgan fingerprint density at radius 3 is 2.19 bits per heavy atom. The summed E-state index contributed by atoms with van der Waals surface area (Å²) >= 11 is 0. The van der Waals surface area contributed by atoms with Crippen molar-refractivity contribution in [3.05, 3.63) is 23.8 Å². The molecule has 0 saturated carbocycles. The van der Waals surface area contributed by atoms with Gasteiger partial charge in [0, 0.05) is 0 Å². The Morgan fingerprint density at radius 2 is 1.69 bits per heavy atom. The minimum Gasteiger partial charge on any atom is -0.493 e. The number of rotatable bonds is 7. The third-order valence-corrected chi connectivity index (χ3v) is 3.93. The fourth-order valence-corrected chi connectivity index (χ4v) is 2.54. The number of carbonyl (C=O) groups is 1. The van der Waals surface area contributed by atoms with Crippen molar-refractivity contribution in [2.45, 2.75) is 30.7 Å². The fraction of sp³-hybridized carbons (Fsp3) is 0.471. The zero-order valence-electron chi connectivity index (χ0n) is 14.3. The van der Waals surface area contributed by atoms with Gasteiger partial charge in [-0.25, -0.2) is 0 Å². The molecule has 0 aromatic heterocycles. The molecule has 2 rings (SSSR count). The van der Waals surface area contributed by atoms with E-state index in [0.717, 1.165) is 0 Å². The molecule has 5 atom stereocenters. The first-order valence-electron chi connectivity index (χ1n) is 7.81. The maximum Gasteiger partial charge on any atom is 0.229 e. The molecule has 1 aromatic rings. The van der Waals surface area contributed by atoms with Crippen LogP contribution in [0.1, 0.15) is 5.56 Å². The first kappa shape index (κ1) is 20.1. The quantitative estimate of drug-likeness (QED) is 0.355. The van der Waals surface area contributed by atoms with E-state index < -0.39 is 37.3 Å². The van der Waals surface area contributed by atoms with Crippen LogP contribution in [-0.2, 0) is 9.53 Å². The molecule has 26 heavy (non-hydrogen) atoms. The minimum atomic E-state index is -1.57. The molecule has 1 aliphatic heterocycles. The maximum absolute atomic E-state index is 10.5. The van der Waals surface area contributed by atoms with Crippen molar-refractivity contribution in [3.8, 4) is 17.2 Å². The molecule has 4 N–H and O–H groups in total. The van der Waals surface area contributed by atoms with Gasteiger partial charge in [-0.3, -0.25) is 4.79 Å². The van der Waals surface area contributed by atoms with Crippen LogP contribution >= 0.6 is 0 Å². The molecular weight excluding hydrogens is 348 g/mol. The molecule has 0 aliphatic carbocycles. The Kier molecular flexibility index (Phi) is 6.95. The van der Waals surface area contributed by atoms with Crippen molar-refractivity contribution in [2.24, 2.45) is 0 Å². The molecule has 1 saturated heterocycles. The lowest BCUT2D eigenvalue weighted by molar-refractivity contribution is -0.277. The zero-order valence-corrected chi connectivity index (χ0v) is 14.3. The topological polar surface area (TPSA) is 135 Å². The van der Waals surface area contributed by atoms with Crippen molar-refractivity contribution in [3.63, 3.8) is 0 Å². The summed E-state index contributed by atoms with van der Waals surface area (Å²) in [6.45, 7) is -0.575. The smallest absolute Gasteiger partial charge is 0.229 e. The van der Waals surface area contributed by atoms with Gasteiger partial charge >= 0.3 is 0 Å². The standard InChI is InChI=1S/C17H22O9/c1-23-10-6-9(4-3-5-18)7-11(24-2)16(10)26-17-15(22)14(21)13(20)12(8-19)25-17/h3-7,12-15,17,19-22H,8H2,1-2H3/b4-3+/t12-,13-,14+,15-,17?/m1/s1. The molecule has 0 radical (unpaired) electrons. The van der Waals surface area contributed by atoms with Gasteiger partial charge in [0.15, 0.2) is 11.5 Å². The van der Waals surface area contributed by atoms with E-state index in [0.29, 0.717) is 11.8 Å². The zero-order chi connectivity index (χ0) is 19.3. The van der Waals surface area contributed by atoms with Crippen LogP contribution in [-0.4, -0.2) is 78.2 Å². The number of benzene rings is 1. The number of hydrogen-bond acceptors (Lipinski definition) is 9. The number of aldehydes is 1. The van der Waals surface area contributed by atoms with Crippen LogP contribution in [0.2, 0.25) is 0 Å². The average molecular weight is 370 g/mol. The van der Waals surface area contributed by atoms with Crippen LogP contribution in [0.25, 0.3) is 6.08 Å². The summed E-state index contributed by atoms with van der Waals surface area (Å²) < 4.78 is 21.5. The van der Waals surface area contributed by atoms with Gasteiger partial charge in [-0.2, -0.15) is 0 Å². The van der Waals surface area contributed by atoms with E-state index in [4.69, 9.17) is 18.9 Å². The predicted octanol–water partition coefficient (Wildman–Crippen LogP) is -0.905. The molecule has 0 amide bonds. The van der Waals surface area contributed by atoms with Crippen LogP contribution in [0.4, 0.5) is 0 Å². The van der Waals surface area contributed by atoms with Crippen molar-refractivity contribution < 1.29 is 44.2 Å². The largest absolute Gasteiger partial charge is 0.493 e. The van der Waals surface area contributed by atoms with E-state index in [1.807, 2.05) is 0 Å². The number of hydrogen-bond donors (Lipinski definition) is 4. The van der Waals surface area contributed by atoms with Gasteiger partial charge in [0.1, 0.15) is 30.7 Å². The summed E-state index contributed by atoms with van der Waals surface area (Å²) in [5, 5.41) is 39.0. The Hall–Kier alpha value is -2.17. The number of ether oxygens (including phenoxy) is 4. The summed E-state index contributed by atoms with van der Waals surface area (Å²) in [6.07, 6.45) is -3.67. The first-order chi connectivity index (χ1) is 12.5. The molecule has 1 unspecified atom stereocenters. The Morgan fingerprint density at radius 1 is 1.08 bits per heavy atom. The van der Waals surface area contributed by atoms with Gasteiger partial charge in [0.2, 0.25) is 12.0 Å². The Labute approximate surface area is 150 Å². The Bertz CT molecular complexity index is 618. The highest BCUT2D eigenvalue weighted by molar-refractivity contribution is 5.75. The van der Waals surface area contributed by atoms with Gasteiger partial charge in [-0.05, 0) is 23.8 Å². The second-order valence-corrected chi connectivity index (χ2v) is 5.56. The van der Waals surface area contributed by atoms with Crippen LogP contribution < -0.4 is 14.2 Å². The summed E-state index contributed by atoms with van der Waals surface area (Å²) in [7, 11) is 2.78. The van der Waals surface area contributed by atoms with E-state index in [9.17, 15) is 25.2 Å². The maximum atomic E-state index is 10.5. The predicted molar refractivity (Wildman–Crippen MR) is 89.0 cm³/mol. The first-order valence-corrected chi connectivity index (χ1v) is 7.81. The highest BCUT2D eigenvalue weighted by Crippen LogP contribution is 2.40. The van der Waals surface area contributed by atoms with E-state index in [2.05, 4.69) is 0 Å². The average Bonchev–Trinajstić information content (AvgIpc) is 2.66. The minimum absolute atomic E-state index is 0.0857. The van der Waals surface area contributed by atoms with Crippen molar-refractivity contribution in [1.82, 2.24) is 0 Å². The molecular formula is C17H22O9. The SMILES string of the molecule is COc1cc(/C=C/C=O)cc(OC)c1OC1O[C@H](CO)[C@@H](O)[C@H](O)[C@H]1O. The molecule has 9 nitrogen and oxygen atoms in total. The third kappa shape index (κ3) is 4.14. The number of aliphatic hydroxyl groups is 4. The van der Waals surface area contributed by atoms with Crippen LogP contribution in [0.5, 0.6) is 17.2 Å². The summed E-state index contributed by atoms with van der Waals surface area (Å²) in [5.41, 5.74) is 0.604. The van der Waals surface area contributed by atoms with Gasteiger partial charge in [-0.1, -0.05) is 6.08 Å². The third-order valence-electron chi connectivity index (χ3n) is 3.93. The van der Waals surface area contributed by atoms with Crippen LogP contribution in [0.15, 0.2) is 18.2 Å². The van der Waals surface area contributed by atoms with Crippen molar-refractivity contribution in [2.75, 3.05) is 20.8 Å². The molecule has 1 aliphatic rings. The normalized spacial score (nSPS) is 28.8. The number of methoxy groups -OCH3 is 2. The molecule has 0 spiro atoms. The number of aliphatic hydroxyl groups excluding tert-OH is 4. The van der Waals surface area contributed by atoms with Crippen LogP contribution in [0.3, 0.4) is 0 Å². The van der Waals surface area contributed by atoms with Gasteiger partial charge in [0.25, 0.3) is 0 Å². The van der Waals surface area contributed by atoms with Gasteiger partial charge < -0.3 is 39.4 Å². The molecule has 1 fully saturated rings. The Balaban J connectivity index is 2.35. The summed E-state index contributed by atoms with van der Waals surface area (Å²) in [6, 6.07) is 3.14. The van der Waals surface area contributed by atoms with E-state index in [1.54, 1.807) is 12.1 Å². The fourth-order valence-electron chi connectivity index (χ4n) is 2.54. The monoisotopic (exact) mass is 370 g/mol. The van der Waals surface area contributed by atoms with Crippen molar-refractivity contribution in [1.29, 1.82) is 0 Å². The lowest BCUT2D eigenvalue weighted by atomic mass is 9.99. The lowest BCUT2D eigenvalue weighted by Crippen LogP contribution is -2.60. The summed E-state index contributed by atoms with van der Waals surface area (Å²) in [4.78, 5) is 10.5. The summed E-state index contributed by atoms with van der Waals surface area (Å²) in [5.74, 6) is 0.543. The van der Waals surface area contributed by atoms with Gasteiger partial charge in [0.05, 0.1) is 20.8 Å². The molecule has 144 valence electrons. The molecule has 0 bridgehead atoms. The number of carbonyl (C=O) groups excluding carboxylic acids is 1. The second kappa shape index (κ2) is 8.97. The highest BCUT2D eigenvalue weighted by atomic mass is 16.7. The van der Waals surface area contributed by atoms with Crippen LogP contribution in [0, 0.1) is 0 Å². The number of allylic oxidation sites excluding steroid dienone is 1. The molecule has 9 heteroatoms. The lowest BCUT2D eigenvalue weighted by Gasteiger charge is -2.39. The molecule has 1 aromatic carbocycles. The van der Waals surface area contributed by atoms with Gasteiger partial charge in [-0.15, -0.1) is 0 Å². The highest BCUT2D eigenvalue weighted by Gasteiger charge is 2.45. The second-order valence-electron chi connectivity index (χ2n) is 5.56. The van der Waals surface area contributed by atoms with E-state index in [1.165, 1.54) is 26.4 Å². The van der Waals surface area contributed by atoms with E-state index in [-0.39, 0.29) is 17.2 Å². The van der Waals surface area contributed by atoms with E-state index >= 15 is 0 Å².